The zero-order valence-electron chi connectivity index (χ0n) is 8.77. The van der Waals surface area contributed by atoms with Crippen molar-refractivity contribution in [1.82, 2.24) is 4.98 Å². The number of carbonyl (C=O) groups is 1. The van der Waals surface area contributed by atoms with E-state index in [-0.39, 0.29) is 3.57 Å². The summed E-state index contributed by atoms with van der Waals surface area (Å²) in [5.74, 6) is -2.68. The number of pyridine rings is 1. The first-order valence-electron chi connectivity index (χ1n) is 4.41. The molecule has 0 amide bonds. The number of halogens is 4. The molecule has 0 aliphatic heterocycles. The van der Waals surface area contributed by atoms with Crippen molar-refractivity contribution >= 4 is 34.2 Å². The molecule has 0 saturated heterocycles. The van der Waals surface area contributed by atoms with Crippen LogP contribution in [0, 0.1) is 13.7 Å². The second kappa shape index (κ2) is 5.54. The Morgan fingerprint density at radius 1 is 1.58 bits per heavy atom. The summed E-state index contributed by atoms with van der Waals surface area (Å²) in [6.45, 7) is 0. The Morgan fingerprint density at radius 3 is 2.58 bits per heavy atom. The summed E-state index contributed by atoms with van der Waals surface area (Å²) in [7, 11) is 0. The van der Waals surface area contributed by atoms with Gasteiger partial charge in [0.1, 0.15) is 9.13 Å². The number of carboxylic acid groups (broad SMARTS) is 1. The molecular weight excluding hydrogens is 388 g/mol. The number of ether oxygens (including phenoxy) is 1. The van der Waals surface area contributed by atoms with E-state index in [1.165, 1.54) is 22.6 Å². The number of alkyl halides is 3. The molecule has 19 heavy (non-hydrogen) atoms. The fourth-order valence-electron chi connectivity index (χ4n) is 1.21. The smallest absolute Gasteiger partial charge is 0.481 e. The van der Waals surface area contributed by atoms with Crippen LogP contribution in [0.1, 0.15) is 5.56 Å². The highest BCUT2D eigenvalue weighted by atomic mass is 127. The van der Waals surface area contributed by atoms with Crippen LogP contribution >= 0.6 is 22.6 Å². The van der Waals surface area contributed by atoms with Crippen molar-refractivity contribution in [1.29, 1.82) is 0 Å². The largest absolute Gasteiger partial charge is 0.574 e. The van der Waals surface area contributed by atoms with Crippen LogP contribution in [-0.4, -0.2) is 27.3 Å². The van der Waals surface area contributed by atoms with Gasteiger partial charge in [0.15, 0.2) is 0 Å². The van der Waals surface area contributed by atoms with E-state index < -0.39 is 40.8 Å². The second-order valence-electron chi connectivity index (χ2n) is 3.11. The third kappa shape index (κ3) is 4.18. The minimum absolute atomic E-state index is 0.0895. The van der Waals surface area contributed by atoms with Gasteiger partial charge in [0.2, 0.25) is 5.88 Å². The minimum Gasteiger partial charge on any atom is -0.481 e. The second-order valence-corrected chi connectivity index (χ2v) is 4.28. The number of aromatic nitrogens is 1. The molecule has 1 aromatic heterocycles. The molecule has 0 radical (unpaired) electrons. The lowest BCUT2D eigenvalue weighted by Gasteiger charge is -2.11. The first kappa shape index (κ1) is 15.4. The molecule has 1 heterocycles. The summed E-state index contributed by atoms with van der Waals surface area (Å²) in [6, 6.07) is 0. The van der Waals surface area contributed by atoms with Gasteiger partial charge in [0, 0.05) is 0 Å². The van der Waals surface area contributed by atoms with Crippen molar-refractivity contribution in [3.8, 4) is 5.88 Å². The number of hydrogen-bond donors (Lipinski definition) is 1. The van der Waals surface area contributed by atoms with Gasteiger partial charge < -0.3 is 9.84 Å². The van der Waals surface area contributed by atoms with Crippen LogP contribution in [-0.2, 0) is 11.2 Å². The van der Waals surface area contributed by atoms with E-state index in [2.05, 4.69) is 9.72 Å². The Labute approximate surface area is 116 Å². The molecule has 0 unspecified atom stereocenters. The molecule has 104 valence electrons. The van der Waals surface area contributed by atoms with E-state index in [1.54, 1.807) is 0 Å². The predicted octanol–water partition coefficient (Wildman–Crippen LogP) is 2.12. The van der Waals surface area contributed by atoms with Gasteiger partial charge >= 0.3 is 12.3 Å². The molecule has 11 heteroatoms. The number of nitrogens with zero attached hydrogens (tertiary/aromatic N) is 2. The van der Waals surface area contributed by atoms with Crippen LogP contribution < -0.4 is 4.74 Å². The Bertz CT molecular complexity index is 534. The molecule has 0 aliphatic rings. The monoisotopic (exact) mass is 392 g/mol. The lowest BCUT2D eigenvalue weighted by Crippen LogP contribution is -2.20. The summed E-state index contributed by atoms with van der Waals surface area (Å²) >= 11 is 1.47. The van der Waals surface area contributed by atoms with Gasteiger partial charge in [-0.25, -0.2) is 4.98 Å². The van der Waals surface area contributed by atoms with E-state index in [9.17, 15) is 28.1 Å². The Hall–Kier alpha value is -1.66. The molecule has 0 atom stereocenters. The minimum atomic E-state index is -5.12. The van der Waals surface area contributed by atoms with E-state index >= 15 is 0 Å². The van der Waals surface area contributed by atoms with Crippen molar-refractivity contribution in [2.75, 3.05) is 0 Å². The Morgan fingerprint density at radius 2 is 2.16 bits per heavy atom. The van der Waals surface area contributed by atoms with E-state index in [0.717, 1.165) is 6.20 Å². The number of nitro groups is 1. The highest BCUT2D eigenvalue weighted by Gasteiger charge is 2.36. The molecule has 0 aliphatic carbocycles. The van der Waals surface area contributed by atoms with Crippen molar-refractivity contribution in [3.05, 3.63) is 25.4 Å². The highest BCUT2D eigenvalue weighted by Crippen LogP contribution is 2.34. The molecule has 1 N–H and O–H groups in total. The van der Waals surface area contributed by atoms with Crippen LogP contribution in [0.15, 0.2) is 6.20 Å². The van der Waals surface area contributed by atoms with Crippen molar-refractivity contribution in [3.63, 3.8) is 0 Å². The molecule has 0 spiro atoms. The number of carboxylic acids is 1. The maximum Gasteiger partial charge on any atom is 0.574 e. The first-order valence-corrected chi connectivity index (χ1v) is 5.49. The summed E-state index contributed by atoms with van der Waals surface area (Å²) in [5.41, 5.74) is -1.50. The average Bonchev–Trinajstić information content (AvgIpc) is 2.19. The molecule has 1 rings (SSSR count). The molecule has 1 aromatic rings. The summed E-state index contributed by atoms with van der Waals surface area (Å²) in [4.78, 5) is 23.6. The number of rotatable bonds is 4. The molecule has 0 bridgehead atoms. The summed E-state index contributed by atoms with van der Waals surface area (Å²) in [5, 5.41) is 19.4. The maximum absolute atomic E-state index is 12.1. The van der Waals surface area contributed by atoms with Crippen LogP contribution in [0.25, 0.3) is 0 Å². The van der Waals surface area contributed by atoms with E-state index in [1.807, 2.05) is 0 Å². The predicted molar refractivity (Wildman–Crippen MR) is 61.6 cm³/mol. The Kier molecular flexibility index (Phi) is 4.49. The third-order valence-corrected chi connectivity index (χ3v) is 2.58. The zero-order chi connectivity index (χ0) is 14.8. The topological polar surface area (TPSA) is 103 Å². The van der Waals surface area contributed by atoms with Crippen molar-refractivity contribution < 1.29 is 32.7 Å². The van der Waals surface area contributed by atoms with E-state index in [0.29, 0.717) is 0 Å². The molecule has 0 saturated carbocycles. The fourth-order valence-corrected chi connectivity index (χ4v) is 1.87. The van der Waals surface area contributed by atoms with Gasteiger partial charge in [-0.15, -0.1) is 13.2 Å². The molecule has 0 fully saturated rings. The van der Waals surface area contributed by atoms with Gasteiger partial charge in [0.05, 0.1) is 17.5 Å². The van der Waals surface area contributed by atoms with Gasteiger partial charge in [-0.2, -0.15) is 0 Å². The summed E-state index contributed by atoms with van der Waals surface area (Å²) < 4.78 is 39.7. The lowest BCUT2D eigenvalue weighted by molar-refractivity contribution is -0.386. The average molecular weight is 392 g/mol. The SMILES string of the molecule is O=C(O)Cc1c(OC(F)(F)F)ncc(I)c1[N+](=O)[O-]. The van der Waals surface area contributed by atoms with Crippen molar-refractivity contribution in [2.24, 2.45) is 0 Å². The molecule has 0 aromatic carbocycles. The zero-order valence-corrected chi connectivity index (χ0v) is 10.9. The maximum atomic E-state index is 12.1. The first-order chi connectivity index (χ1) is 8.61. The van der Waals surface area contributed by atoms with E-state index in [4.69, 9.17) is 5.11 Å². The van der Waals surface area contributed by atoms with Gasteiger partial charge in [0.25, 0.3) is 5.69 Å². The summed E-state index contributed by atoms with van der Waals surface area (Å²) in [6.07, 6.45) is -5.34. The third-order valence-electron chi connectivity index (χ3n) is 1.79. The fraction of sp³-hybridized carbons (Fsp3) is 0.250. The lowest BCUT2D eigenvalue weighted by atomic mass is 10.1. The number of aliphatic carboxylic acids is 1. The highest BCUT2D eigenvalue weighted by molar-refractivity contribution is 14.1. The number of hydrogen-bond acceptors (Lipinski definition) is 5. The van der Waals surface area contributed by atoms with Crippen molar-refractivity contribution in [2.45, 2.75) is 12.8 Å². The van der Waals surface area contributed by atoms with Crippen LogP contribution in [0.3, 0.4) is 0 Å². The normalized spacial score (nSPS) is 11.2. The standard InChI is InChI=1S/C8H4F3IN2O5/c9-8(10,11)19-7-3(1-5(15)16)6(14(17)18)4(12)2-13-7/h2H,1H2,(H,15,16). The van der Waals surface area contributed by atoms with Gasteiger partial charge in [-0.3, -0.25) is 14.9 Å². The Balaban J connectivity index is 3.42. The van der Waals surface area contributed by atoms with Crippen LogP contribution in [0.2, 0.25) is 0 Å². The van der Waals surface area contributed by atoms with Crippen LogP contribution in [0.4, 0.5) is 18.9 Å². The van der Waals surface area contributed by atoms with Gasteiger partial charge in [-0.05, 0) is 22.6 Å². The van der Waals surface area contributed by atoms with Gasteiger partial charge in [-0.1, -0.05) is 0 Å². The molecule has 7 nitrogen and oxygen atoms in total. The molecular formula is C8H4F3IN2O5. The van der Waals surface area contributed by atoms with Crippen LogP contribution in [0.5, 0.6) is 5.88 Å². The quantitative estimate of drug-likeness (QED) is 0.479.